The zero-order valence-corrected chi connectivity index (χ0v) is 9.70. The van der Waals surface area contributed by atoms with Crippen molar-refractivity contribution in [2.75, 3.05) is 7.11 Å². The molecule has 0 aliphatic heterocycles. The summed E-state index contributed by atoms with van der Waals surface area (Å²) in [5.41, 5.74) is 1.01. The summed E-state index contributed by atoms with van der Waals surface area (Å²) in [6.45, 7) is 1.99. The first-order valence-electron chi connectivity index (χ1n) is 3.81. The number of fused-ring (bicyclic) bond motifs is 1. The van der Waals surface area contributed by atoms with E-state index in [-0.39, 0.29) is 0 Å². The van der Waals surface area contributed by atoms with Gasteiger partial charge in [0.1, 0.15) is 0 Å². The Morgan fingerprint density at radius 2 is 2.31 bits per heavy atom. The maximum absolute atomic E-state index is 5.15. The molecule has 2 heterocycles. The lowest BCUT2D eigenvalue weighted by Gasteiger charge is -2.04. The van der Waals surface area contributed by atoms with Crippen molar-refractivity contribution in [3.05, 3.63) is 21.6 Å². The van der Waals surface area contributed by atoms with Gasteiger partial charge < -0.3 is 4.74 Å². The topological polar surface area (TPSA) is 22.1 Å². The summed E-state index contributed by atoms with van der Waals surface area (Å²) in [5.74, 6) is 0.660. The summed E-state index contributed by atoms with van der Waals surface area (Å²) in [7, 11) is 1.63. The maximum Gasteiger partial charge on any atom is 0.229 e. The van der Waals surface area contributed by atoms with E-state index in [0.717, 1.165) is 10.2 Å². The number of hydrogen-bond donors (Lipinski definition) is 0. The van der Waals surface area contributed by atoms with Crippen LogP contribution in [0.3, 0.4) is 0 Å². The van der Waals surface area contributed by atoms with Crippen molar-refractivity contribution >= 4 is 37.4 Å². The fraction of sp³-hybridized carbons (Fsp3) is 0.222. The van der Waals surface area contributed by atoms with Crippen LogP contribution in [0.25, 0.3) is 10.1 Å². The highest BCUT2D eigenvalue weighted by molar-refractivity contribution is 9.10. The van der Waals surface area contributed by atoms with Crippen LogP contribution in [0.5, 0.6) is 5.88 Å². The van der Waals surface area contributed by atoms with Crippen molar-refractivity contribution in [1.82, 2.24) is 4.98 Å². The lowest BCUT2D eigenvalue weighted by Crippen LogP contribution is -1.91. The minimum Gasteiger partial charge on any atom is -0.480 e. The minimum atomic E-state index is 0.660. The number of aromatic nitrogens is 1. The molecule has 0 spiro atoms. The van der Waals surface area contributed by atoms with Gasteiger partial charge in [-0.15, -0.1) is 11.3 Å². The normalized spacial score (nSPS) is 10.7. The second-order valence-electron chi connectivity index (χ2n) is 2.68. The molecular formula is C9H8BrNOS. The molecule has 0 bridgehead atoms. The predicted octanol–water partition coefficient (Wildman–Crippen LogP) is 3.38. The fourth-order valence-corrected chi connectivity index (χ4v) is 2.88. The van der Waals surface area contributed by atoms with E-state index in [1.54, 1.807) is 18.4 Å². The van der Waals surface area contributed by atoms with Crippen molar-refractivity contribution < 1.29 is 4.74 Å². The number of aryl methyl sites for hydroxylation is 1. The number of nitrogens with zero attached hydrogens (tertiary/aromatic N) is 1. The summed E-state index contributed by atoms with van der Waals surface area (Å²) in [6, 6.07) is 2.08. The second-order valence-corrected chi connectivity index (χ2v) is 4.39. The van der Waals surface area contributed by atoms with Crippen molar-refractivity contribution in [3.63, 3.8) is 0 Å². The molecule has 0 aliphatic rings. The van der Waals surface area contributed by atoms with Crippen LogP contribution in [0, 0.1) is 6.92 Å². The van der Waals surface area contributed by atoms with Crippen LogP contribution in [0.15, 0.2) is 15.9 Å². The highest BCUT2D eigenvalue weighted by atomic mass is 79.9. The van der Waals surface area contributed by atoms with Crippen LogP contribution >= 0.6 is 27.3 Å². The molecule has 4 heteroatoms. The molecule has 0 N–H and O–H groups in total. The molecule has 2 nitrogen and oxygen atoms in total. The first-order valence-corrected chi connectivity index (χ1v) is 5.48. The first kappa shape index (κ1) is 8.97. The van der Waals surface area contributed by atoms with Gasteiger partial charge in [-0.1, -0.05) is 0 Å². The average Bonchev–Trinajstić information content (AvgIpc) is 2.60. The Kier molecular flexibility index (Phi) is 2.26. The lowest BCUT2D eigenvalue weighted by atomic mass is 10.2. The van der Waals surface area contributed by atoms with Crippen molar-refractivity contribution in [2.45, 2.75) is 6.92 Å². The Morgan fingerprint density at radius 1 is 1.54 bits per heavy atom. The number of ether oxygens (including phenoxy) is 1. The molecule has 2 rings (SSSR count). The SMILES string of the molecule is COc1nc(C)c2ccsc2c1Br. The number of halogens is 1. The van der Waals surface area contributed by atoms with Crippen LogP contribution in [-0.4, -0.2) is 12.1 Å². The number of hydrogen-bond acceptors (Lipinski definition) is 3. The maximum atomic E-state index is 5.15. The Hall–Kier alpha value is -0.610. The molecule has 0 atom stereocenters. The smallest absolute Gasteiger partial charge is 0.229 e. The van der Waals surface area contributed by atoms with Gasteiger partial charge in [0.05, 0.1) is 22.0 Å². The van der Waals surface area contributed by atoms with E-state index in [0.29, 0.717) is 5.88 Å². The van der Waals surface area contributed by atoms with Crippen LogP contribution < -0.4 is 4.74 Å². The van der Waals surface area contributed by atoms with Crippen LogP contribution in [0.4, 0.5) is 0 Å². The zero-order chi connectivity index (χ0) is 9.42. The minimum absolute atomic E-state index is 0.660. The third kappa shape index (κ3) is 1.34. The van der Waals surface area contributed by atoms with Gasteiger partial charge in [0, 0.05) is 5.39 Å². The summed E-state index contributed by atoms with van der Waals surface area (Å²) in [4.78, 5) is 4.33. The van der Waals surface area contributed by atoms with E-state index in [9.17, 15) is 0 Å². The van der Waals surface area contributed by atoms with Crippen molar-refractivity contribution in [3.8, 4) is 5.88 Å². The van der Waals surface area contributed by atoms with E-state index in [2.05, 4.69) is 32.4 Å². The van der Waals surface area contributed by atoms with E-state index in [1.165, 1.54) is 10.1 Å². The van der Waals surface area contributed by atoms with Gasteiger partial charge in [-0.2, -0.15) is 0 Å². The van der Waals surface area contributed by atoms with Gasteiger partial charge >= 0.3 is 0 Å². The quantitative estimate of drug-likeness (QED) is 0.782. The first-order chi connectivity index (χ1) is 6.24. The standard InChI is InChI=1S/C9H8BrNOS/c1-5-6-3-4-13-8(6)7(10)9(11-5)12-2/h3-4H,1-2H3. The number of pyridine rings is 1. The van der Waals surface area contributed by atoms with Gasteiger partial charge in [-0.05, 0) is 34.3 Å². The Balaban J connectivity index is 2.85. The predicted molar refractivity (Wildman–Crippen MR) is 58.6 cm³/mol. The Labute approximate surface area is 88.7 Å². The summed E-state index contributed by atoms with van der Waals surface area (Å²) in [6.07, 6.45) is 0. The highest BCUT2D eigenvalue weighted by Crippen LogP contribution is 2.35. The number of thiophene rings is 1. The molecule has 0 unspecified atom stereocenters. The second kappa shape index (κ2) is 3.27. The molecule has 0 fully saturated rings. The number of rotatable bonds is 1. The molecule has 0 saturated carbocycles. The number of methoxy groups -OCH3 is 1. The van der Waals surface area contributed by atoms with Crippen molar-refractivity contribution in [2.24, 2.45) is 0 Å². The van der Waals surface area contributed by atoms with Crippen LogP contribution in [-0.2, 0) is 0 Å². The van der Waals surface area contributed by atoms with E-state index in [4.69, 9.17) is 4.74 Å². The van der Waals surface area contributed by atoms with E-state index >= 15 is 0 Å². The van der Waals surface area contributed by atoms with Crippen LogP contribution in [0.1, 0.15) is 5.69 Å². The Morgan fingerprint density at radius 3 is 3.00 bits per heavy atom. The molecule has 0 aliphatic carbocycles. The average molecular weight is 258 g/mol. The van der Waals surface area contributed by atoms with E-state index in [1.807, 2.05) is 6.92 Å². The molecule has 2 aromatic rings. The van der Waals surface area contributed by atoms with Gasteiger partial charge in [0.25, 0.3) is 0 Å². The summed E-state index contributed by atoms with van der Waals surface area (Å²) in [5, 5.41) is 3.25. The summed E-state index contributed by atoms with van der Waals surface area (Å²) < 4.78 is 7.30. The van der Waals surface area contributed by atoms with Crippen molar-refractivity contribution in [1.29, 1.82) is 0 Å². The summed E-state index contributed by atoms with van der Waals surface area (Å²) >= 11 is 5.17. The fourth-order valence-electron chi connectivity index (χ4n) is 1.26. The molecule has 68 valence electrons. The monoisotopic (exact) mass is 257 g/mol. The largest absolute Gasteiger partial charge is 0.480 e. The molecule has 2 aromatic heterocycles. The molecule has 0 amide bonds. The third-order valence-corrected chi connectivity index (χ3v) is 3.83. The van der Waals surface area contributed by atoms with Gasteiger partial charge in [-0.3, -0.25) is 0 Å². The molecule has 0 aromatic carbocycles. The van der Waals surface area contributed by atoms with Gasteiger partial charge in [0.2, 0.25) is 5.88 Å². The Bertz CT molecular complexity index is 452. The van der Waals surface area contributed by atoms with Gasteiger partial charge in [-0.25, -0.2) is 4.98 Å². The third-order valence-electron chi connectivity index (χ3n) is 1.90. The zero-order valence-electron chi connectivity index (χ0n) is 7.30. The molecule has 0 saturated heterocycles. The van der Waals surface area contributed by atoms with Crippen LogP contribution in [0.2, 0.25) is 0 Å². The van der Waals surface area contributed by atoms with E-state index < -0.39 is 0 Å². The van der Waals surface area contributed by atoms with Gasteiger partial charge in [0.15, 0.2) is 0 Å². The molecule has 13 heavy (non-hydrogen) atoms. The lowest BCUT2D eigenvalue weighted by molar-refractivity contribution is 0.395. The molecule has 0 radical (unpaired) electrons. The molecular weight excluding hydrogens is 250 g/mol. The highest BCUT2D eigenvalue weighted by Gasteiger charge is 2.10.